The molecule has 86 valence electrons. The summed E-state index contributed by atoms with van der Waals surface area (Å²) in [4.78, 5) is 11.5. The molecular formula is C11H19BrN2O. The Morgan fingerprint density at radius 1 is 1.47 bits per heavy atom. The molecule has 15 heavy (non-hydrogen) atoms. The molecule has 0 aromatic heterocycles. The Balaban J connectivity index is 2.26. The minimum Gasteiger partial charge on any atom is -0.335 e. The Morgan fingerprint density at radius 3 is 2.73 bits per heavy atom. The highest BCUT2D eigenvalue weighted by molar-refractivity contribution is 9.11. The number of carbonyl (C=O) groups is 1. The largest absolute Gasteiger partial charge is 0.335 e. The molecule has 3 nitrogen and oxygen atoms in total. The Labute approximate surface area is 99.8 Å². The van der Waals surface area contributed by atoms with Gasteiger partial charge in [-0.25, -0.2) is 4.79 Å². The quantitative estimate of drug-likeness (QED) is 0.817. The van der Waals surface area contributed by atoms with E-state index in [1.165, 1.54) is 19.3 Å². The van der Waals surface area contributed by atoms with Crippen molar-refractivity contribution in [2.24, 2.45) is 5.92 Å². The molecule has 2 amide bonds. The van der Waals surface area contributed by atoms with E-state index in [0.29, 0.717) is 18.5 Å². The van der Waals surface area contributed by atoms with E-state index in [0.717, 1.165) is 10.9 Å². The molecule has 1 rings (SSSR count). The lowest BCUT2D eigenvalue weighted by molar-refractivity contribution is 0.222. The number of urea groups is 1. The molecule has 1 aliphatic carbocycles. The number of nitrogens with one attached hydrogen (secondary N) is 2. The van der Waals surface area contributed by atoms with Gasteiger partial charge in [0.25, 0.3) is 0 Å². The third-order valence-electron chi connectivity index (χ3n) is 2.87. The highest BCUT2D eigenvalue weighted by Gasteiger charge is 2.22. The lowest BCUT2D eigenvalue weighted by atomic mass is 9.86. The van der Waals surface area contributed by atoms with Crippen LogP contribution in [0.1, 0.15) is 32.6 Å². The summed E-state index contributed by atoms with van der Waals surface area (Å²) in [7, 11) is 0. The van der Waals surface area contributed by atoms with Crippen LogP contribution in [0.4, 0.5) is 4.79 Å². The average Bonchev–Trinajstić information content (AvgIpc) is 2.18. The van der Waals surface area contributed by atoms with Crippen LogP contribution in [0.5, 0.6) is 0 Å². The van der Waals surface area contributed by atoms with E-state index in [-0.39, 0.29) is 6.03 Å². The highest BCUT2D eigenvalue weighted by atomic mass is 79.9. The zero-order valence-corrected chi connectivity index (χ0v) is 10.8. The van der Waals surface area contributed by atoms with Crippen molar-refractivity contribution in [3.05, 3.63) is 11.1 Å². The highest BCUT2D eigenvalue weighted by Crippen LogP contribution is 2.23. The van der Waals surface area contributed by atoms with E-state index in [4.69, 9.17) is 0 Å². The number of amides is 2. The third kappa shape index (κ3) is 4.69. The summed E-state index contributed by atoms with van der Waals surface area (Å²) < 4.78 is 0.786. The third-order valence-corrected chi connectivity index (χ3v) is 3.15. The topological polar surface area (TPSA) is 41.1 Å². The maximum atomic E-state index is 11.5. The molecule has 2 atom stereocenters. The first-order valence-corrected chi connectivity index (χ1v) is 6.26. The Hall–Kier alpha value is -0.510. The van der Waals surface area contributed by atoms with Crippen LogP contribution in [0, 0.1) is 5.92 Å². The first-order valence-electron chi connectivity index (χ1n) is 5.47. The summed E-state index contributed by atoms with van der Waals surface area (Å²) in [6.45, 7) is 6.34. The first-order chi connectivity index (χ1) is 7.09. The van der Waals surface area contributed by atoms with Crippen LogP contribution < -0.4 is 10.6 Å². The van der Waals surface area contributed by atoms with Gasteiger partial charge < -0.3 is 10.6 Å². The van der Waals surface area contributed by atoms with Gasteiger partial charge >= 0.3 is 6.03 Å². The Morgan fingerprint density at radius 2 is 2.13 bits per heavy atom. The maximum absolute atomic E-state index is 11.5. The van der Waals surface area contributed by atoms with Crippen molar-refractivity contribution < 1.29 is 4.79 Å². The van der Waals surface area contributed by atoms with Crippen molar-refractivity contribution in [3.63, 3.8) is 0 Å². The summed E-state index contributed by atoms with van der Waals surface area (Å²) in [5.74, 6) is 0.594. The molecule has 0 aliphatic heterocycles. The molecule has 0 radical (unpaired) electrons. The maximum Gasteiger partial charge on any atom is 0.315 e. The summed E-state index contributed by atoms with van der Waals surface area (Å²) in [5.41, 5.74) is 0. The van der Waals surface area contributed by atoms with E-state index in [9.17, 15) is 4.79 Å². The van der Waals surface area contributed by atoms with Gasteiger partial charge in [0.1, 0.15) is 0 Å². The first kappa shape index (κ1) is 12.6. The van der Waals surface area contributed by atoms with Gasteiger partial charge in [-0.3, -0.25) is 0 Å². The normalized spacial score (nSPS) is 25.7. The van der Waals surface area contributed by atoms with Crippen molar-refractivity contribution in [3.8, 4) is 0 Å². The van der Waals surface area contributed by atoms with Crippen LogP contribution in [0.3, 0.4) is 0 Å². The molecular weight excluding hydrogens is 256 g/mol. The lowest BCUT2D eigenvalue weighted by Gasteiger charge is -2.29. The van der Waals surface area contributed by atoms with Crippen LogP contribution in [-0.4, -0.2) is 18.6 Å². The van der Waals surface area contributed by atoms with Crippen LogP contribution in [0.15, 0.2) is 11.1 Å². The number of hydrogen-bond donors (Lipinski definition) is 2. The molecule has 0 heterocycles. The van der Waals surface area contributed by atoms with Gasteiger partial charge in [0.15, 0.2) is 0 Å². The molecule has 2 unspecified atom stereocenters. The van der Waals surface area contributed by atoms with E-state index in [2.05, 4.69) is 40.1 Å². The van der Waals surface area contributed by atoms with Crippen LogP contribution in [0.2, 0.25) is 0 Å². The van der Waals surface area contributed by atoms with Gasteiger partial charge in [-0.1, -0.05) is 42.3 Å². The predicted molar refractivity (Wildman–Crippen MR) is 66.0 cm³/mol. The number of hydrogen-bond acceptors (Lipinski definition) is 1. The van der Waals surface area contributed by atoms with Crippen molar-refractivity contribution in [1.82, 2.24) is 10.6 Å². The molecule has 1 saturated carbocycles. The molecule has 1 aliphatic rings. The van der Waals surface area contributed by atoms with E-state index >= 15 is 0 Å². The fourth-order valence-electron chi connectivity index (χ4n) is 1.93. The van der Waals surface area contributed by atoms with Crippen LogP contribution in [-0.2, 0) is 0 Å². The molecule has 0 aromatic carbocycles. The van der Waals surface area contributed by atoms with Gasteiger partial charge in [0.05, 0.1) is 6.54 Å². The van der Waals surface area contributed by atoms with E-state index in [1.807, 2.05) is 0 Å². The Kier molecular flexibility index (Phi) is 5.15. The number of carbonyl (C=O) groups excluding carboxylic acids is 1. The second-order valence-electron chi connectivity index (χ2n) is 4.21. The molecule has 0 aromatic rings. The molecule has 4 heteroatoms. The smallest absolute Gasteiger partial charge is 0.315 e. The van der Waals surface area contributed by atoms with Crippen LogP contribution >= 0.6 is 15.9 Å². The zero-order valence-electron chi connectivity index (χ0n) is 9.18. The minimum atomic E-state index is -0.0886. The molecule has 0 saturated heterocycles. The monoisotopic (exact) mass is 274 g/mol. The Bertz CT molecular complexity index is 243. The fourth-order valence-corrected chi connectivity index (χ4v) is 2.07. The van der Waals surface area contributed by atoms with Crippen molar-refractivity contribution in [2.45, 2.75) is 38.6 Å². The summed E-state index contributed by atoms with van der Waals surface area (Å²) in [6, 6.07) is 0.247. The summed E-state index contributed by atoms with van der Waals surface area (Å²) in [6.07, 6.45) is 4.83. The number of rotatable bonds is 3. The molecule has 1 fully saturated rings. The summed E-state index contributed by atoms with van der Waals surface area (Å²) in [5, 5.41) is 5.77. The molecule has 0 spiro atoms. The predicted octanol–water partition coefficient (Wildman–Crippen LogP) is 2.77. The fraction of sp³-hybridized carbons (Fsp3) is 0.727. The van der Waals surface area contributed by atoms with Gasteiger partial charge in [-0.05, 0) is 18.8 Å². The van der Waals surface area contributed by atoms with E-state index in [1.54, 1.807) is 0 Å². The van der Waals surface area contributed by atoms with Crippen LogP contribution in [0.25, 0.3) is 0 Å². The zero-order chi connectivity index (χ0) is 11.3. The second-order valence-corrected chi connectivity index (χ2v) is 5.33. The average molecular weight is 275 g/mol. The second kappa shape index (κ2) is 6.16. The van der Waals surface area contributed by atoms with Gasteiger partial charge in [-0.2, -0.15) is 0 Å². The van der Waals surface area contributed by atoms with Crippen molar-refractivity contribution in [2.75, 3.05) is 6.54 Å². The molecule has 2 N–H and O–H groups in total. The summed E-state index contributed by atoms with van der Waals surface area (Å²) >= 11 is 3.20. The van der Waals surface area contributed by atoms with Gasteiger partial charge in [-0.15, -0.1) is 0 Å². The van der Waals surface area contributed by atoms with E-state index < -0.39 is 0 Å². The molecule has 0 bridgehead atoms. The van der Waals surface area contributed by atoms with Crippen molar-refractivity contribution in [1.29, 1.82) is 0 Å². The van der Waals surface area contributed by atoms with Gasteiger partial charge in [0, 0.05) is 10.5 Å². The van der Waals surface area contributed by atoms with Gasteiger partial charge in [0.2, 0.25) is 0 Å². The number of halogens is 1. The van der Waals surface area contributed by atoms with Crippen molar-refractivity contribution >= 4 is 22.0 Å². The minimum absolute atomic E-state index is 0.0886. The SMILES string of the molecule is C=C(Br)CNC(=O)NC1CCCCC1C. The standard InChI is InChI=1S/C11H19BrN2O/c1-8-5-3-4-6-10(8)14-11(15)13-7-9(2)12/h8,10H,2-7H2,1H3,(H2,13,14,15). The lowest BCUT2D eigenvalue weighted by Crippen LogP contribution is -2.46.